The molecular weight excluding hydrogens is 472 g/mol. The van der Waals surface area contributed by atoms with Crippen LogP contribution < -0.4 is 14.4 Å². The number of fused-ring (bicyclic) bond motifs is 1. The van der Waals surface area contributed by atoms with E-state index in [9.17, 15) is 4.79 Å². The van der Waals surface area contributed by atoms with Crippen LogP contribution >= 0.6 is 23.4 Å². The summed E-state index contributed by atoms with van der Waals surface area (Å²) in [5, 5.41) is 0.381. The molecule has 0 fully saturated rings. The summed E-state index contributed by atoms with van der Waals surface area (Å²) in [6, 6.07) is 11.8. The fraction of sp³-hybridized carbons (Fsp3) is 0.500. The van der Waals surface area contributed by atoms with E-state index in [4.69, 9.17) is 25.8 Å². The number of anilines is 1. The lowest BCUT2D eigenvalue weighted by atomic mass is 10.1. The van der Waals surface area contributed by atoms with Crippen molar-refractivity contribution in [1.29, 1.82) is 0 Å². The Morgan fingerprint density at radius 2 is 1.91 bits per heavy atom. The third kappa shape index (κ3) is 6.39. The minimum absolute atomic E-state index is 0.00931. The number of halogens is 1. The summed E-state index contributed by atoms with van der Waals surface area (Å²) in [6.45, 7) is 10.6. The first-order chi connectivity index (χ1) is 16.2. The van der Waals surface area contributed by atoms with Gasteiger partial charge >= 0.3 is 0 Å². The van der Waals surface area contributed by atoms with Crippen molar-refractivity contribution in [3.8, 4) is 11.5 Å². The molecule has 1 aliphatic rings. The van der Waals surface area contributed by atoms with E-state index >= 15 is 0 Å². The number of methoxy groups -OCH3 is 2. The molecule has 1 aliphatic heterocycles. The lowest BCUT2D eigenvalue weighted by molar-refractivity contribution is -0.116. The Balaban J connectivity index is 1.83. The number of rotatable bonds is 11. The Bertz CT molecular complexity index is 987. The predicted molar refractivity (Wildman–Crippen MR) is 139 cm³/mol. The van der Waals surface area contributed by atoms with Crippen LogP contribution in [0, 0.1) is 0 Å². The molecule has 6 nitrogen and oxygen atoms in total. The second-order valence-corrected chi connectivity index (χ2v) is 10.3. The maximum atomic E-state index is 12.7. The van der Waals surface area contributed by atoms with Crippen molar-refractivity contribution in [2.45, 2.75) is 56.5 Å². The monoisotopic (exact) mass is 506 g/mol. The normalized spacial score (nSPS) is 16.1. The largest absolute Gasteiger partial charge is 0.497 e. The molecule has 0 N–H and O–H groups in total. The summed E-state index contributed by atoms with van der Waals surface area (Å²) in [5.41, 5.74) is 1.76. The number of thioether (sulfide) groups is 1. The first-order valence-electron chi connectivity index (χ1n) is 11.6. The quantitative estimate of drug-likeness (QED) is 0.371. The molecule has 2 unspecified atom stereocenters. The smallest absolute Gasteiger partial charge is 0.225 e. The molecule has 0 saturated carbocycles. The van der Waals surface area contributed by atoms with Crippen LogP contribution in [0.3, 0.4) is 0 Å². The maximum Gasteiger partial charge on any atom is 0.225 e. The SMILES string of the molecule is COCCN(CCC(C)Oc1ccc(OC)cc1C1Sc2cc(Cl)ccc2N1C(C)=O)C(C)C. The lowest BCUT2D eigenvalue weighted by Crippen LogP contribution is -2.36. The molecule has 8 heteroatoms. The highest BCUT2D eigenvalue weighted by Crippen LogP contribution is 2.54. The molecular formula is C26H35ClN2O4S. The van der Waals surface area contributed by atoms with Gasteiger partial charge in [0, 0.05) is 48.6 Å². The van der Waals surface area contributed by atoms with E-state index in [0.29, 0.717) is 17.7 Å². The Morgan fingerprint density at radius 1 is 1.15 bits per heavy atom. The van der Waals surface area contributed by atoms with E-state index in [2.05, 4.69) is 25.7 Å². The van der Waals surface area contributed by atoms with E-state index in [1.54, 1.807) is 37.8 Å². The molecule has 0 aliphatic carbocycles. The van der Waals surface area contributed by atoms with E-state index < -0.39 is 0 Å². The van der Waals surface area contributed by atoms with Crippen LogP contribution in [-0.4, -0.2) is 56.9 Å². The van der Waals surface area contributed by atoms with Crippen LogP contribution in [0.1, 0.15) is 45.1 Å². The van der Waals surface area contributed by atoms with Crippen molar-refractivity contribution in [2.75, 3.05) is 38.8 Å². The molecule has 1 amide bonds. The number of hydrogen-bond acceptors (Lipinski definition) is 6. The van der Waals surface area contributed by atoms with Gasteiger partial charge in [-0.15, -0.1) is 0 Å². The molecule has 0 radical (unpaired) electrons. The summed E-state index contributed by atoms with van der Waals surface area (Å²) in [4.78, 5) is 17.8. The molecule has 0 saturated heterocycles. The highest BCUT2D eigenvalue weighted by Gasteiger charge is 2.36. The number of benzene rings is 2. The number of ether oxygens (including phenoxy) is 3. The van der Waals surface area contributed by atoms with Crippen molar-refractivity contribution in [3.05, 3.63) is 47.0 Å². The Hall–Kier alpha value is -1.93. The first-order valence-corrected chi connectivity index (χ1v) is 12.8. The Morgan fingerprint density at radius 3 is 2.56 bits per heavy atom. The van der Waals surface area contributed by atoms with Crippen LogP contribution in [0.2, 0.25) is 5.02 Å². The topological polar surface area (TPSA) is 51.2 Å². The minimum Gasteiger partial charge on any atom is -0.497 e. The van der Waals surface area contributed by atoms with Crippen LogP contribution in [0.15, 0.2) is 41.3 Å². The van der Waals surface area contributed by atoms with Gasteiger partial charge in [0.2, 0.25) is 5.91 Å². The standard InChI is InChI=1S/C26H35ClN2O4S/c1-17(2)28(13-14-31-5)12-11-18(3)33-24-10-8-21(32-6)16-22(24)26-29(19(4)30)23-9-7-20(27)15-25(23)34-26/h7-10,15-18,26H,11-14H2,1-6H3. The number of hydrogen-bond donors (Lipinski definition) is 0. The third-order valence-corrected chi connectivity index (χ3v) is 7.44. The number of nitrogens with zero attached hydrogens (tertiary/aromatic N) is 2. The summed E-state index contributed by atoms with van der Waals surface area (Å²) >= 11 is 7.83. The van der Waals surface area contributed by atoms with Crippen molar-refractivity contribution in [2.24, 2.45) is 0 Å². The molecule has 0 aromatic heterocycles. The van der Waals surface area contributed by atoms with Gasteiger partial charge in [-0.1, -0.05) is 23.4 Å². The highest BCUT2D eigenvalue weighted by atomic mass is 35.5. The first kappa shape index (κ1) is 26.7. The van der Waals surface area contributed by atoms with Gasteiger partial charge in [-0.2, -0.15) is 0 Å². The van der Waals surface area contributed by atoms with Gasteiger partial charge in [0.1, 0.15) is 16.9 Å². The number of carbonyl (C=O) groups is 1. The number of amides is 1. The van der Waals surface area contributed by atoms with Crippen molar-refractivity contribution in [1.82, 2.24) is 4.90 Å². The Labute approximate surface area is 212 Å². The van der Waals surface area contributed by atoms with Crippen LogP contribution in [0.4, 0.5) is 5.69 Å². The fourth-order valence-electron chi connectivity index (χ4n) is 4.03. The molecule has 1 heterocycles. The Kier molecular flexibility index (Phi) is 9.54. The number of carbonyl (C=O) groups excluding carboxylic acids is 1. The van der Waals surface area contributed by atoms with E-state index in [1.165, 1.54) is 0 Å². The molecule has 3 rings (SSSR count). The second-order valence-electron chi connectivity index (χ2n) is 8.71. The van der Waals surface area contributed by atoms with Crippen molar-refractivity contribution >= 4 is 35.0 Å². The summed E-state index contributed by atoms with van der Waals surface area (Å²) in [5.74, 6) is 1.44. The lowest BCUT2D eigenvalue weighted by Gasteiger charge is -2.29. The van der Waals surface area contributed by atoms with Gasteiger partial charge in [-0.25, -0.2) is 0 Å². The van der Waals surface area contributed by atoms with Gasteiger partial charge in [-0.3, -0.25) is 14.6 Å². The molecule has 34 heavy (non-hydrogen) atoms. The molecule has 2 atom stereocenters. The van der Waals surface area contributed by atoms with Gasteiger partial charge < -0.3 is 14.2 Å². The van der Waals surface area contributed by atoms with Gasteiger partial charge in [0.15, 0.2) is 0 Å². The highest BCUT2D eigenvalue weighted by molar-refractivity contribution is 8.00. The molecule has 0 spiro atoms. The summed E-state index contributed by atoms with van der Waals surface area (Å²) in [6.07, 6.45) is 0.863. The van der Waals surface area contributed by atoms with E-state index in [1.807, 2.05) is 36.4 Å². The van der Waals surface area contributed by atoms with E-state index in [-0.39, 0.29) is 17.4 Å². The average Bonchev–Trinajstić information content (AvgIpc) is 3.17. The fourth-order valence-corrected chi connectivity index (χ4v) is 5.67. The third-order valence-electron chi connectivity index (χ3n) is 5.94. The van der Waals surface area contributed by atoms with Crippen LogP contribution in [0.25, 0.3) is 0 Å². The van der Waals surface area contributed by atoms with Crippen molar-refractivity contribution in [3.63, 3.8) is 0 Å². The summed E-state index contributed by atoms with van der Waals surface area (Å²) in [7, 11) is 3.37. The zero-order valence-electron chi connectivity index (χ0n) is 20.8. The minimum atomic E-state index is -0.267. The van der Waals surface area contributed by atoms with Gasteiger partial charge in [-0.05, 0) is 63.6 Å². The van der Waals surface area contributed by atoms with Crippen LogP contribution in [-0.2, 0) is 9.53 Å². The molecule has 0 bridgehead atoms. The molecule has 186 valence electrons. The van der Waals surface area contributed by atoms with Crippen molar-refractivity contribution < 1.29 is 19.0 Å². The van der Waals surface area contributed by atoms with Gasteiger partial charge in [0.05, 0.1) is 25.5 Å². The zero-order valence-corrected chi connectivity index (χ0v) is 22.4. The maximum absolute atomic E-state index is 12.7. The summed E-state index contributed by atoms with van der Waals surface area (Å²) < 4.78 is 17.2. The predicted octanol–water partition coefficient (Wildman–Crippen LogP) is 6.02. The van der Waals surface area contributed by atoms with E-state index in [0.717, 1.165) is 47.2 Å². The molecule has 2 aromatic rings. The van der Waals surface area contributed by atoms with Gasteiger partial charge in [0.25, 0.3) is 0 Å². The average molecular weight is 507 g/mol. The zero-order chi connectivity index (χ0) is 24.8. The molecule has 2 aromatic carbocycles. The second kappa shape index (κ2) is 12.2. The van der Waals surface area contributed by atoms with Crippen LogP contribution in [0.5, 0.6) is 11.5 Å².